The second kappa shape index (κ2) is 7.82. The number of rotatable bonds is 8. The van der Waals surface area contributed by atoms with Crippen LogP contribution in [0.4, 0.5) is 4.39 Å². The van der Waals surface area contributed by atoms with Gasteiger partial charge in [-0.15, -0.1) is 0 Å². The van der Waals surface area contributed by atoms with Gasteiger partial charge in [-0.1, -0.05) is 24.6 Å². The molecule has 18 heavy (non-hydrogen) atoms. The lowest BCUT2D eigenvalue weighted by atomic mass is 10.1. The Morgan fingerprint density at radius 3 is 2.72 bits per heavy atom. The van der Waals surface area contributed by atoms with Crippen molar-refractivity contribution in [3.63, 3.8) is 0 Å². The van der Waals surface area contributed by atoms with Crippen molar-refractivity contribution >= 4 is 5.97 Å². The molecule has 0 heterocycles. The Morgan fingerprint density at radius 2 is 2.06 bits per heavy atom. The van der Waals surface area contributed by atoms with E-state index in [1.54, 1.807) is 12.1 Å². The van der Waals surface area contributed by atoms with Crippen molar-refractivity contribution in [1.29, 1.82) is 0 Å². The summed E-state index contributed by atoms with van der Waals surface area (Å²) in [6, 6.07) is 6.71. The van der Waals surface area contributed by atoms with Gasteiger partial charge in [-0.2, -0.15) is 0 Å². The summed E-state index contributed by atoms with van der Waals surface area (Å²) >= 11 is 0. The first-order valence-electron chi connectivity index (χ1n) is 6.31. The maximum Gasteiger partial charge on any atom is 0.303 e. The third-order valence-corrected chi connectivity index (χ3v) is 2.89. The van der Waals surface area contributed by atoms with Gasteiger partial charge in [0.2, 0.25) is 0 Å². The molecule has 0 radical (unpaired) electrons. The fourth-order valence-electron chi connectivity index (χ4n) is 1.83. The summed E-state index contributed by atoms with van der Waals surface area (Å²) in [6.45, 7) is 2.70. The quantitative estimate of drug-likeness (QED) is 0.700. The predicted molar refractivity (Wildman–Crippen MR) is 68.9 cm³/mol. The highest BCUT2D eigenvalue weighted by Crippen LogP contribution is 2.15. The zero-order chi connectivity index (χ0) is 13.4. The molecule has 0 saturated heterocycles. The maximum atomic E-state index is 13.5. The number of carbonyl (C=O) groups is 1. The van der Waals surface area contributed by atoms with Crippen LogP contribution < -0.4 is 5.32 Å². The van der Waals surface area contributed by atoms with Crippen molar-refractivity contribution in [2.45, 2.75) is 38.6 Å². The van der Waals surface area contributed by atoms with Crippen LogP contribution in [0.5, 0.6) is 0 Å². The van der Waals surface area contributed by atoms with Crippen LogP contribution in [0.2, 0.25) is 0 Å². The Kier molecular flexibility index (Phi) is 6.36. The summed E-state index contributed by atoms with van der Waals surface area (Å²) in [7, 11) is 0. The van der Waals surface area contributed by atoms with Gasteiger partial charge in [0.25, 0.3) is 0 Å². The van der Waals surface area contributed by atoms with Gasteiger partial charge in [0.15, 0.2) is 0 Å². The molecule has 1 rings (SSSR count). The van der Waals surface area contributed by atoms with E-state index in [0.717, 1.165) is 19.4 Å². The summed E-state index contributed by atoms with van der Waals surface area (Å²) in [6.07, 6.45) is 2.71. The van der Waals surface area contributed by atoms with E-state index in [2.05, 4.69) is 5.32 Å². The third-order valence-electron chi connectivity index (χ3n) is 2.89. The number of unbranched alkanes of at least 4 members (excludes halogenated alkanes) is 2. The van der Waals surface area contributed by atoms with Crippen LogP contribution in [0.1, 0.15) is 44.2 Å². The molecule has 1 atom stereocenters. The van der Waals surface area contributed by atoms with Gasteiger partial charge >= 0.3 is 5.97 Å². The third kappa shape index (κ3) is 5.27. The van der Waals surface area contributed by atoms with Crippen LogP contribution in [-0.2, 0) is 4.79 Å². The minimum Gasteiger partial charge on any atom is -0.481 e. The number of halogens is 1. The molecule has 3 nitrogen and oxygen atoms in total. The Bertz CT molecular complexity index is 382. The van der Waals surface area contributed by atoms with Crippen molar-refractivity contribution < 1.29 is 14.3 Å². The Morgan fingerprint density at radius 1 is 1.33 bits per heavy atom. The summed E-state index contributed by atoms with van der Waals surface area (Å²) < 4.78 is 13.5. The van der Waals surface area contributed by atoms with E-state index in [0.29, 0.717) is 12.0 Å². The summed E-state index contributed by atoms with van der Waals surface area (Å²) in [5.41, 5.74) is 0.669. The number of carboxylic acids is 1. The molecule has 4 heteroatoms. The normalized spacial score (nSPS) is 12.3. The van der Waals surface area contributed by atoms with Crippen molar-refractivity contribution in [2.75, 3.05) is 6.54 Å². The van der Waals surface area contributed by atoms with E-state index in [1.807, 2.05) is 13.0 Å². The maximum absolute atomic E-state index is 13.5. The summed E-state index contributed by atoms with van der Waals surface area (Å²) in [4.78, 5) is 10.3. The average Bonchev–Trinajstić information content (AvgIpc) is 2.33. The second-order valence-electron chi connectivity index (χ2n) is 4.40. The van der Waals surface area contributed by atoms with Crippen molar-refractivity contribution in [3.8, 4) is 0 Å². The van der Waals surface area contributed by atoms with Crippen molar-refractivity contribution in [1.82, 2.24) is 5.32 Å². The highest BCUT2D eigenvalue weighted by atomic mass is 19.1. The number of benzene rings is 1. The molecular formula is C14H20FNO2. The number of hydrogen-bond acceptors (Lipinski definition) is 2. The van der Waals surface area contributed by atoms with E-state index in [-0.39, 0.29) is 18.3 Å². The molecule has 0 fully saturated rings. The lowest BCUT2D eigenvalue weighted by Gasteiger charge is -2.14. The largest absolute Gasteiger partial charge is 0.481 e. The van der Waals surface area contributed by atoms with Crippen LogP contribution in [0.25, 0.3) is 0 Å². The zero-order valence-corrected chi connectivity index (χ0v) is 10.7. The topological polar surface area (TPSA) is 49.3 Å². The second-order valence-corrected chi connectivity index (χ2v) is 4.40. The minimum atomic E-state index is -0.748. The molecule has 0 aliphatic rings. The molecule has 100 valence electrons. The standard InChI is InChI=1S/C14H20FNO2/c1-11(12-7-4-5-8-13(12)15)16-10-6-2-3-9-14(17)18/h4-5,7-8,11,16H,2-3,6,9-10H2,1H3,(H,17,18). The van der Waals surface area contributed by atoms with Gasteiger partial charge in [-0.3, -0.25) is 4.79 Å². The lowest BCUT2D eigenvalue weighted by Crippen LogP contribution is -2.20. The van der Waals surface area contributed by atoms with E-state index in [9.17, 15) is 9.18 Å². The highest BCUT2D eigenvalue weighted by molar-refractivity contribution is 5.66. The molecule has 0 aromatic heterocycles. The Balaban J connectivity index is 2.20. The number of carboxylic acid groups (broad SMARTS) is 1. The van der Waals surface area contributed by atoms with Crippen molar-refractivity contribution in [2.24, 2.45) is 0 Å². The molecule has 2 N–H and O–H groups in total. The van der Waals surface area contributed by atoms with Gasteiger partial charge < -0.3 is 10.4 Å². The number of hydrogen-bond donors (Lipinski definition) is 2. The minimum absolute atomic E-state index is 0.0225. The molecule has 0 bridgehead atoms. The Hall–Kier alpha value is -1.42. The molecule has 1 aromatic rings. The van der Waals surface area contributed by atoms with Gasteiger partial charge in [-0.25, -0.2) is 4.39 Å². The van der Waals surface area contributed by atoms with Crippen LogP contribution in [-0.4, -0.2) is 17.6 Å². The fraction of sp³-hybridized carbons (Fsp3) is 0.500. The van der Waals surface area contributed by atoms with Crippen LogP contribution in [0, 0.1) is 5.82 Å². The molecule has 0 saturated carbocycles. The molecule has 0 spiro atoms. The highest BCUT2D eigenvalue weighted by Gasteiger charge is 2.08. The van der Waals surface area contributed by atoms with Crippen LogP contribution in [0.3, 0.4) is 0 Å². The van der Waals surface area contributed by atoms with Gasteiger partial charge in [0.1, 0.15) is 5.82 Å². The SMILES string of the molecule is CC(NCCCCCC(=O)O)c1ccccc1F. The lowest BCUT2D eigenvalue weighted by molar-refractivity contribution is -0.137. The van der Waals surface area contributed by atoms with E-state index in [1.165, 1.54) is 6.07 Å². The number of nitrogens with one attached hydrogen (secondary N) is 1. The first-order valence-corrected chi connectivity index (χ1v) is 6.31. The molecule has 1 unspecified atom stereocenters. The fourth-order valence-corrected chi connectivity index (χ4v) is 1.83. The average molecular weight is 253 g/mol. The van der Waals surface area contributed by atoms with Gasteiger partial charge in [0, 0.05) is 18.0 Å². The van der Waals surface area contributed by atoms with Crippen LogP contribution in [0.15, 0.2) is 24.3 Å². The van der Waals surface area contributed by atoms with E-state index < -0.39 is 5.97 Å². The van der Waals surface area contributed by atoms with Crippen molar-refractivity contribution in [3.05, 3.63) is 35.6 Å². The van der Waals surface area contributed by atoms with Crippen LogP contribution >= 0.6 is 0 Å². The molecule has 1 aromatic carbocycles. The molecule has 0 aliphatic carbocycles. The molecule has 0 amide bonds. The van der Waals surface area contributed by atoms with Gasteiger partial charge in [0.05, 0.1) is 0 Å². The van der Waals surface area contributed by atoms with E-state index >= 15 is 0 Å². The zero-order valence-electron chi connectivity index (χ0n) is 10.7. The smallest absolute Gasteiger partial charge is 0.303 e. The monoisotopic (exact) mass is 253 g/mol. The van der Waals surface area contributed by atoms with E-state index in [4.69, 9.17) is 5.11 Å². The Labute approximate surface area is 107 Å². The molecular weight excluding hydrogens is 233 g/mol. The predicted octanol–water partition coefficient (Wildman–Crippen LogP) is 3.12. The first-order chi connectivity index (χ1) is 8.61. The van der Waals surface area contributed by atoms with Gasteiger partial charge in [-0.05, 0) is 32.4 Å². The molecule has 0 aliphatic heterocycles. The summed E-state index contributed by atoms with van der Waals surface area (Å²) in [5, 5.41) is 11.7. The first kappa shape index (κ1) is 14.6. The number of aliphatic carboxylic acids is 1. The summed E-state index contributed by atoms with van der Waals surface area (Å²) in [5.74, 6) is -0.939.